The van der Waals surface area contributed by atoms with E-state index in [1.807, 2.05) is 11.3 Å². The number of pyridine rings is 1. The third-order valence-electron chi connectivity index (χ3n) is 8.99. The van der Waals surface area contributed by atoms with Gasteiger partial charge in [0, 0.05) is 53.5 Å². The van der Waals surface area contributed by atoms with Crippen LogP contribution in [0.1, 0.15) is 0 Å². The fraction of sp³-hybridized carbons (Fsp3) is 0. The summed E-state index contributed by atoms with van der Waals surface area (Å²) in [5.74, 6) is 0.980. The van der Waals surface area contributed by atoms with Gasteiger partial charge in [0.05, 0.1) is 11.0 Å². The summed E-state index contributed by atoms with van der Waals surface area (Å²) in [4.78, 5) is 5.15. The Hall–Kier alpha value is -5.25. The highest BCUT2D eigenvalue weighted by molar-refractivity contribution is 7.25. The largest absolute Gasteiger partial charge is 0.293 e. The molecule has 0 bridgehead atoms. The number of hydrogen-bond acceptors (Lipinski definition) is 2. The summed E-state index contributed by atoms with van der Waals surface area (Å²) in [6.07, 6.45) is 2.07. The van der Waals surface area contributed by atoms with Gasteiger partial charge in [-0.3, -0.25) is 4.57 Å². The van der Waals surface area contributed by atoms with Crippen molar-refractivity contribution in [1.82, 2.24) is 9.55 Å². The van der Waals surface area contributed by atoms with Gasteiger partial charge in [-0.1, -0.05) is 91.0 Å². The second-order valence-electron chi connectivity index (χ2n) is 11.2. The molecule has 0 radical (unpaired) electrons. The van der Waals surface area contributed by atoms with Gasteiger partial charge in [-0.2, -0.15) is 0 Å². The van der Waals surface area contributed by atoms with E-state index in [4.69, 9.17) is 4.98 Å². The first kappa shape index (κ1) is 22.4. The van der Waals surface area contributed by atoms with E-state index >= 15 is 0 Å². The molecule has 0 N–H and O–H groups in total. The van der Waals surface area contributed by atoms with Gasteiger partial charge < -0.3 is 0 Å². The lowest BCUT2D eigenvalue weighted by molar-refractivity contribution is 1.10. The van der Waals surface area contributed by atoms with E-state index in [0.717, 1.165) is 5.82 Å². The zero-order valence-electron chi connectivity index (χ0n) is 22.5. The Balaban J connectivity index is 1.22. The van der Waals surface area contributed by atoms with Gasteiger partial charge in [0.1, 0.15) is 5.82 Å². The molecule has 6 aromatic carbocycles. The van der Waals surface area contributed by atoms with E-state index in [1.165, 1.54) is 86.1 Å². The first-order chi connectivity index (χ1) is 20.8. The Morgan fingerprint density at radius 1 is 0.452 bits per heavy atom. The van der Waals surface area contributed by atoms with E-state index in [9.17, 15) is 0 Å². The van der Waals surface area contributed by atoms with Crippen molar-refractivity contribution in [2.24, 2.45) is 0 Å². The lowest BCUT2D eigenvalue weighted by Crippen LogP contribution is -1.99. The molecular weight excluding hydrogens is 529 g/mol. The number of aromatic nitrogens is 2. The zero-order chi connectivity index (χ0) is 27.4. The van der Waals surface area contributed by atoms with E-state index in [0.29, 0.717) is 0 Å². The summed E-state index contributed by atoms with van der Waals surface area (Å²) >= 11 is 1.86. The Morgan fingerprint density at radius 2 is 1.10 bits per heavy atom. The third kappa shape index (κ3) is 2.90. The molecule has 0 aliphatic heterocycles. The molecule has 3 aromatic heterocycles. The summed E-state index contributed by atoms with van der Waals surface area (Å²) in [6.45, 7) is 0. The zero-order valence-corrected chi connectivity index (χ0v) is 23.3. The number of nitrogens with zero attached hydrogens (tertiary/aromatic N) is 2. The van der Waals surface area contributed by atoms with Crippen molar-refractivity contribution in [2.75, 3.05) is 0 Å². The summed E-state index contributed by atoms with van der Waals surface area (Å²) in [6, 6.07) is 46.6. The molecule has 0 amide bonds. The molecule has 1 aliphatic carbocycles. The third-order valence-corrected chi connectivity index (χ3v) is 10.1. The maximum atomic E-state index is 5.15. The first-order valence-corrected chi connectivity index (χ1v) is 15.1. The van der Waals surface area contributed by atoms with Gasteiger partial charge in [0.2, 0.25) is 0 Å². The summed E-state index contributed by atoms with van der Waals surface area (Å²) in [5, 5.41) is 7.62. The lowest BCUT2D eigenvalue weighted by Gasteiger charge is -2.12. The molecule has 1 aliphatic rings. The second-order valence-corrected chi connectivity index (χ2v) is 12.2. The van der Waals surface area contributed by atoms with Crippen molar-refractivity contribution in [2.45, 2.75) is 0 Å². The molecule has 0 spiro atoms. The average Bonchev–Trinajstić information content (AvgIpc) is 3.70. The van der Waals surface area contributed by atoms with Crippen LogP contribution in [0.2, 0.25) is 0 Å². The fourth-order valence-electron chi connectivity index (χ4n) is 7.13. The van der Waals surface area contributed by atoms with Crippen LogP contribution in [0.25, 0.3) is 91.9 Å². The molecule has 42 heavy (non-hydrogen) atoms. The minimum atomic E-state index is 0.980. The van der Waals surface area contributed by atoms with Gasteiger partial charge >= 0.3 is 0 Å². The quantitative estimate of drug-likeness (QED) is 0.209. The van der Waals surface area contributed by atoms with Gasteiger partial charge in [0.15, 0.2) is 0 Å². The molecule has 3 heteroatoms. The van der Waals surface area contributed by atoms with Crippen LogP contribution >= 0.6 is 11.3 Å². The maximum Gasteiger partial charge on any atom is 0.145 e. The van der Waals surface area contributed by atoms with Crippen LogP contribution in [0.3, 0.4) is 0 Å². The van der Waals surface area contributed by atoms with Crippen LogP contribution in [-0.4, -0.2) is 9.55 Å². The van der Waals surface area contributed by atoms with Crippen LogP contribution in [0.15, 0.2) is 134 Å². The normalized spacial score (nSPS) is 12.3. The summed E-state index contributed by atoms with van der Waals surface area (Å²) in [5.41, 5.74) is 9.89. The van der Waals surface area contributed by atoms with Crippen LogP contribution in [0, 0.1) is 0 Å². The predicted molar refractivity (Wildman–Crippen MR) is 179 cm³/mol. The van der Waals surface area contributed by atoms with Gasteiger partial charge in [-0.15, -0.1) is 11.3 Å². The number of hydrogen-bond donors (Lipinski definition) is 0. The highest BCUT2D eigenvalue weighted by Gasteiger charge is 2.24. The molecule has 0 unspecified atom stereocenters. The standard InChI is InChI=1S/C39H22N2S/c1-2-9-26-25(8-1)29-12-7-13-30-38(29)33(26)22-40-39(30)41-34-14-5-3-10-27(34)31-20-23(16-18-35(31)41)24-17-19-37-32(21-24)28-11-4-6-15-36(28)42-37/h1-22H. The number of benzene rings is 6. The second kappa shape index (κ2) is 8.16. The Labute approximate surface area is 245 Å². The van der Waals surface area contributed by atoms with Gasteiger partial charge in [-0.05, 0) is 64.2 Å². The van der Waals surface area contributed by atoms with Crippen LogP contribution in [0.5, 0.6) is 0 Å². The first-order valence-electron chi connectivity index (χ1n) is 14.3. The van der Waals surface area contributed by atoms with E-state index in [2.05, 4.69) is 138 Å². The Morgan fingerprint density at radius 3 is 2.00 bits per heavy atom. The molecule has 3 heterocycles. The van der Waals surface area contributed by atoms with Crippen LogP contribution in [-0.2, 0) is 0 Å². The van der Waals surface area contributed by atoms with E-state index in [1.54, 1.807) is 0 Å². The minimum Gasteiger partial charge on any atom is -0.293 e. The molecule has 9 aromatic rings. The molecule has 0 saturated carbocycles. The van der Waals surface area contributed by atoms with Crippen molar-refractivity contribution in [3.8, 4) is 39.2 Å². The lowest BCUT2D eigenvalue weighted by atomic mass is 10.0. The van der Waals surface area contributed by atoms with Crippen molar-refractivity contribution in [3.63, 3.8) is 0 Å². The van der Waals surface area contributed by atoms with Gasteiger partial charge in [-0.25, -0.2) is 4.98 Å². The summed E-state index contributed by atoms with van der Waals surface area (Å²) < 4.78 is 5.03. The molecular formula is C39H22N2S. The molecule has 0 saturated heterocycles. The smallest absolute Gasteiger partial charge is 0.145 e. The molecule has 10 rings (SSSR count). The minimum absolute atomic E-state index is 0.980. The highest BCUT2D eigenvalue weighted by atomic mass is 32.1. The number of para-hydroxylation sites is 1. The molecule has 0 fully saturated rings. The van der Waals surface area contributed by atoms with Gasteiger partial charge in [0.25, 0.3) is 0 Å². The number of fused-ring (bicyclic) bond motifs is 9. The summed E-state index contributed by atoms with van der Waals surface area (Å²) in [7, 11) is 0. The maximum absolute atomic E-state index is 5.15. The SMILES string of the molecule is c1ccc2c(c1)-c1cccc3c(-n4c5ccccc5c5cc(-c6ccc7sc8ccccc8c7c6)ccc54)ncc-2c13. The van der Waals surface area contributed by atoms with Crippen molar-refractivity contribution in [3.05, 3.63) is 134 Å². The molecule has 194 valence electrons. The van der Waals surface area contributed by atoms with Crippen molar-refractivity contribution in [1.29, 1.82) is 0 Å². The number of rotatable bonds is 2. The van der Waals surface area contributed by atoms with Crippen molar-refractivity contribution >= 4 is 64.1 Å². The fourth-order valence-corrected chi connectivity index (χ4v) is 8.22. The molecule has 0 atom stereocenters. The van der Waals surface area contributed by atoms with Crippen LogP contribution < -0.4 is 0 Å². The Bertz CT molecular complexity index is 2550. The predicted octanol–water partition coefficient (Wildman–Crippen LogP) is 11.0. The molecule has 2 nitrogen and oxygen atoms in total. The number of thiophene rings is 1. The van der Waals surface area contributed by atoms with E-state index < -0.39 is 0 Å². The van der Waals surface area contributed by atoms with E-state index in [-0.39, 0.29) is 0 Å². The Kier molecular flexibility index (Phi) is 4.36. The van der Waals surface area contributed by atoms with Crippen molar-refractivity contribution < 1.29 is 0 Å². The average molecular weight is 551 g/mol. The topological polar surface area (TPSA) is 17.8 Å². The van der Waals surface area contributed by atoms with Crippen LogP contribution in [0.4, 0.5) is 0 Å². The monoisotopic (exact) mass is 550 g/mol. The highest BCUT2D eigenvalue weighted by Crippen LogP contribution is 2.48.